The average Bonchev–Trinajstić information content (AvgIpc) is 2.41. The fraction of sp³-hybridized carbons (Fsp3) is 0.133. The predicted octanol–water partition coefficient (Wildman–Crippen LogP) is 4.09. The molecule has 0 atom stereocenters. The van der Waals surface area contributed by atoms with Gasteiger partial charge in [-0.1, -0.05) is 12.1 Å². The van der Waals surface area contributed by atoms with E-state index in [0.717, 1.165) is 37.9 Å². The number of rotatable bonds is 3. The standard InChI is InChI=1S/C15H13IO2/c1-10-12(9-17)7-13(16)8-15(10)11-3-5-14(18-2)6-4-11/h3-9H,1-2H3. The highest BCUT2D eigenvalue weighted by Crippen LogP contribution is 2.28. The summed E-state index contributed by atoms with van der Waals surface area (Å²) in [7, 11) is 1.65. The zero-order valence-electron chi connectivity index (χ0n) is 10.2. The van der Waals surface area contributed by atoms with E-state index in [2.05, 4.69) is 28.7 Å². The lowest BCUT2D eigenvalue weighted by atomic mass is 9.97. The summed E-state index contributed by atoms with van der Waals surface area (Å²) in [5, 5.41) is 0. The van der Waals surface area contributed by atoms with Crippen LogP contribution in [0.3, 0.4) is 0 Å². The van der Waals surface area contributed by atoms with Gasteiger partial charge in [0.2, 0.25) is 0 Å². The number of ether oxygens (including phenoxy) is 1. The van der Waals surface area contributed by atoms with Gasteiger partial charge < -0.3 is 4.74 Å². The second-order valence-corrected chi connectivity index (χ2v) is 5.26. The van der Waals surface area contributed by atoms with Crippen LogP contribution in [-0.4, -0.2) is 13.4 Å². The van der Waals surface area contributed by atoms with Crippen LogP contribution in [0.25, 0.3) is 11.1 Å². The highest BCUT2D eigenvalue weighted by atomic mass is 127. The molecule has 92 valence electrons. The van der Waals surface area contributed by atoms with Gasteiger partial charge in [0.15, 0.2) is 0 Å². The number of hydrogen-bond acceptors (Lipinski definition) is 2. The molecular formula is C15H13IO2. The highest BCUT2D eigenvalue weighted by molar-refractivity contribution is 14.1. The molecular weight excluding hydrogens is 339 g/mol. The number of halogens is 1. The van der Waals surface area contributed by atoms with Gasteiger partial charge in [0.05, 0.1) is 7.11 Å². The third kappa shape index (κ3) is 2.56. The Morgan fingerprint density at radius 3 is 2.39 bits per heavy atom. The van der Waals surface area contributed by atoms with E-state index in [0.29, 0.717) is 0 Å². The Labute approximate surface area is 120 Å². The van der Waals surface area contributed by atoms with E-state index in [1.54, 1.807) is 7.11 Å². The molecule has 0 N–H and O–H groups in total. The van der Waals surface area contributed by atoms with Gasteiger partial charge in [-0.15, -0.1) is 0 Å². The maximum Gasteiger partial charge on any atom is 0.150 e. The molecule has 2 aromatic rings. The van der Waals surface area contributed by atoms with E-state index in [4.69, 9.17) is 4.74 Å². The summed E-state index contributed by atoms with van der Waals surface area (Å²) in [5.41, 5.74) is 3.94. The Bertz CT molecular complexity index is 574. The summed E-state index contributed by atoms with van der Waals surface area (Å²) in [5.74, 6) is 0.831. The van der Waals surface area contributed by atoms with Gasteiger partial charge in [-0.3, -0.25) is 4.79 Å². The van der Waals surface area contributed by atoms with Crippen molar-refractivity contribution in [1.29, 1.82) is 0 Å². The molecule has 0 fully saturated rings. The summed E-state index contributed by atoms with van der Waals surface area (Å²) in [4.78, 5) is 11.0. The van der Waals surface area contributed by atoms with Gasteiger partial charge in [-0.05, 0) is 70.5 Å². The molecule has 0 aromatic heterocycles. The van der Waals surface area contributed by atoms with Gasteiger partial charge in [0.1, 0.15) is 12.0 Å². The fourth-order valence-electron chi connectivity index (χ4n) is 1.89. The molecule has 2 nitrogen and oxygen atoms in total. The third-order valence-corrected chi connectivity index (χ3v) is 3.56. The predicted molar refractivity (Wildman–Crippen MR) is 81.3 cm³/mol. The van der Waals surface area contributed by atoms with E-state index < -0.39 is 0 Å². The molecule has 0 aliphatic carbocycles. The van der Waals surface area contributed by atoms with E-state index in [-0.39, 0.29) is 0 Å². The normalized spacial score (nSPS) is 10.2. The number of carbonyl (C=O) groups is 1. The van der Waals surface area contributed by atoms with Crippen LogP contribution in [0, 0.1) is 10.5 Å². The minimum absolute atomic E-state index is 0.743. The molecule has 0 saturated carbocycles. The molecule has 0 saturated heterocycles. The zero-order chi connectivity index (χ0) is 13.1. The van der Waals surface area contributed by atoms with E-state index in [1.807, 2.05) is 37.3 Å². The Kier molecular flexibility index (Phi) is 4.01. The SMILES string of the molecule is COc1ccc(-c2cc(I)cc(C=O)c2C)cc1. The second kappa shape index (κ2) is 5.52. The third-order valence-electron chi connectivity index (χ3n) is 2.94. The minimum Gasteiger partial charge on any atom is -0.497 e. The van der Waals surface area contributed by atoms with Crippen molar-refractivity contribution < 1.29 is 9.53 Å². The fourth-order valence-corrected chi connectivity index (χ4v) is 2.54. The maximum absolute atomic E-state index is 11.0. The van der Waals surface area contributed by atoms with Crippen molar-refractivity contribution in [3.8, 4) is 16.9 Å². The van der Waals surface area contributed by atoms with Crippen molar-refractivity contribution in [3.63, 3.8) is 0 Å². The van der Waals surface area contributed by atoms with Crippen molar-refractivity contribution in [2.75, 3.05) is 7.11 Å². The van der Waals surface area contributed by atoms with E-state index in [9.17, 15) is 4.79 Å². The van der Waals surface area contributed by atoms with Gasteiger partial charge >= 0.3 is 0 Å². The van der Waals surface area contributed by atoms with Crippen molar-refractivity contribution in [1.82, 2.24) is 0 Å². The molecule has 2 rings (SSSR count). The first kappa shape index (κ1) is 13.1. The van der Waals surface area contributed by atoms with Gasteiger partial charge in [0, 0.05) is 9.13 Å². The van der Waals surface area contributed by atoms with Crippen LogP contribution < -0.4 is 4.74 Å². The molecule has 0 radical (unpaired) electrons. The lowest BCUT2D eigenvalue weighted by Crippen LogP contribution is -1.93. The first-order valence-corrected chi connectivity index (χ1v) is 6.63. The molecule has 0 amide bonds. The molecule has 2 aromatic carbocycles. The summed E-state index contributed by atoms with van der Waals surface area (Å²) >= 11 is 2.23. The van der Waals surface area contributed by atoms with Crippen LogP contribution in [0.2, 0.25) is 0 Å². The first-order valence-electron chi connectivity index (χ1n) is 5.55. The summed E-state index contributed by atoms with van der Waals surface area (Å²) in [6.07, 6.45) is 0.907. The number of aldehydes is 1. The lowest BCUT2D eigenvalue weighted by molar-refractivity contribution is 0.112. The molecule has 18 heavy (non-hydrogen) atoms. The Morgan fingerprint density at radius 2 is 1.83 bits per heavy atom. The summed E-state index contributed by atoms with van der Waals surface area (Å²) in [6.45, 7) is 1.97. The minimum atomic E-state index is 0.743. The molecule has 0 spiro atoms. The van der Waals surface area contributed by atoms with Crippen LogP contribution in [0.1, 0.15) is 15.9 Å². The first-order chi connectivity index (χ1) is 8.65. The van der Waals surface area contributed by atoms with Crippen molar-refractivity contribution in [2.24, 2.45) is 0 Å². The smallest absolute Gasteiger partial charge is 0.150 e. The van der Waals surface area contributed by atoms with Crippen molar-refractivity contribution in [3.05, 3.63) is 51.1 Å². The van der Waals surface area contributed by atoms with E-state index in [1.165, 1.54) is 0 Å². The zero-order valence-corrected chi connectivity index (χ0v) is 12.4. The summed E-state index contributed by atoms with van der Waals surface area (Å²) < 4.78 is 6.21. The average molecular weight is 352 g/mol. The number of hydrogen-bond donors (Lipinski definition) is 0. The number of methoxy groups -OCH3 is 1. The Hall–Kier alpha value is -1.36. The van der Waals surface area contributed by atoms with Crippen LogP contribution in [0.15, 0.2) is 36.4 Å². The van der Waals surface area contributed by atoms with E-state index >= 15 is 0 Å². The quantitative estimate of drug-likeness (QED) is 0.615. The Balaban J connectivity index is 2.55. The summed E-state index contributed by atoms with van der Waals surface area (Å²) in [6, 6.07) is 11.8. The highest BCUT2D eigenvalue weighted by Gasteiger charge is 2.08. The van der Waals surface area contributed by atoms with Crippen molar-refractivity contribution >= 4 is 28.9 Å². The topological polar surface area (TPSA) is 26.3 Å². The monoisotopic (exact) mass is 352 g/mol. The molecule has 0 unspecified atom stereocenters. The van der Waals surface area contributed by atoms with Crippen LogP contribution in [-0.2, 0) is 0 Å². The number of carbonyl (C=O) groups excluding carboxylic acids is 1. The maximum atomic E-state index is 11.0. The number of benzene rings is 2. The molecule has 0 bridgehead atoms. The van der Waals surface area contributed by atoms with Gasteiger partial charge in [0.25, 0.3) is 0 Å². The molecule has 3 heteroatoms. The largest absolute Gasteiger partial charge is 0.497 e. The van der Waals surface area contributed by atoms with Crippen LogP contribution >= 0.6 is 22.6 Å². The Morgan fingerprint density at radius 1 is 1.17 bits per heavy atom. The van der Waals surface area contributed by atoms with Crippen molar-refractivity contribution in [2.45, 2.75) is 6.92 Å². The van der Waals surface area contributed by atoms with Crippen LogP contribution in [0.5, 0.6) is 5.75 Å². The molecule has 0 aliphatic rings. The van der Waals surface area contributed by atoms with Crippen LogP contribution in [0.4, 0.5) is 0 Å². The molecule has 0 heterocycles. The van der Waals surface area contributed by atoms with Gasteiger partial charge in [-0.2, -0.15) is 0 Å². The second-order valence-electron chi connectivity index (χ2n) is 4.01. The molecule has 0 aliphatic heterocycles. The lowest BCUT2D eigenvalue weighted by Gasteiger charge is -2.10. The van der Waals surface area contributed by atoms with Gasteiger partial charge in [-0.25, -0.2) is 0 Å².